The second kappa shape index (κ2) is 6.80. The first-order valence-electron chi connectivity index (χ1n) is 3.52. The SMILES string of the molecule is CSCC(C=O)=CCC(C)S. The van der Waals surface area contributed by atoms with Gasteiger partial charge in [0.1, 0.15) is 6.29 Å². The molecule has 0 rings (SSSR count). The highest BCUT2D eigenvalue weighted by molar-refractivity contribution is 7.98. The van der Waals surface area contributed by atoms with Crippen LogP contribution < -0.4 is 0 Å². The van der Waals surface area contributed by atoms with Crippen LogP contribution in [-0.2, 0) is 4.79 Å². The fourth-order valence-electron chi connectivity index (χ4n) is 0.630. The summed E-state index contributed by atoms with van der Waals surface area (Å²) >= 11 is 5.87. The summed E-state index contributed by atoms with van der Waals surface area (Å²) in [5.74, 6) is 0.810. The lowest BCUT2D eigenvalue weighted by atomic mass is 10.2. The molecule has 0 bridgehead atoms. The highest BCUT2D eigenvalue weighted by Crippen LogP contribution is 2.06. The Balaban J connectivity index is 3.80. The predicted molar refractivity (Wildman–Crippen MR) is 55.6 cm³/mol. The number of rotatable bonds is 5. The standard InChI is InChI=1S/C8H14OS2/c1-7(10)3-4-8(5-9)6-11-2/h4-5,7,10H,3,6H2,1-2H3. The number of thiol groups is 1. The van der Waals surface area contributed by atoms with Gasteiger partial charge in [-0.15, -0.1) is 0 Å². The van der Waals surface area contributed by atoms with E-state index in [1.165, 1.54) is 0 Å². The molecule has 0 N–H and O–H groups in total. The van der Waals surface area contributed by atoms with E-state index in [2.05, 4.69) is 12.6 Å². The van der Waals surface area contributed by atoms with Gasteiger partial charge in [0.15, 0.2) is 0 Å². The van der Waals surface area contributed by atoms with Crippen LogP contribution in [0.3, 0.4) is 0 Å². The number of thioether (sulfide) groups is 1. The maximum Gasteiger partial charge on any atom is 0.146 e. The van der Waals surface area contributed by atoms with Gasteiger partial charge < -0.3 is 0 Å². The average Bonchev–Trinajstić information content (AvgIpc) is 1.97. The van der Waals surface area contributed by atoms with Crippen LogP contribution in [0.2, 0.25) is 0 Å². The summed E-state index contributed by atoms with van der Waals surface area (Å²) in [6.07, 6.45) is 5.74. The minimum Gasteiger partial charge on any atom is -0.298 e. The summed E-state index contributed by atoms with van der Waals surface area (Å²) in [6, 6.07) is 0. The van der Waals surface area contributed by atoms with Gasteiger partial charge in [-0.1, -0.05) is 13.0 Å². The van der Waals surface area contributed by atoms with E-state index in [1.807, 2.05) is 19.3 Å². The number of hydrogen-bond acceptors (Lipinski definition) is 3. The maximum absolute atomic E-state index is 10.4. The molecule has 0 saturated heterocycles. The molecule has 64 valence electrons. The smallest absolute Gasteiger partial charge is 0.146 e. The van der Waals surface area contributed by atoms with Crippen LogP contribution in [-0.4, -0.2) is 23.5 Å². The van der Waals surface area contributed by atoms with Crippen LogP contribution in [0, 0.1) is 0 Å². The van der Waals surface area contributed by atoms with E-state index < -0.39 is 0 Å². The summed E-state index contributed by atoms with van der Waals surface area (Å²) < 4.78 is 0. The van der Waals surface area contributed by atoms with Crippen molar-refractivity contribution in [1.29, 1.82) is 0 Å². The Hall–Kier alpha value is 0.110. The monoisotopic (exact) mass is 190 g/mol. The van der Waals surface area contributed by atoms with Crippen LogP contribution in [0.5, 0.6) is 0 Å². The number of hydrogen-bond donors (Lipinski definition) is 1. The second-order valence-corrected chi connectivity index (χ2v) is 4.16. The van der Waals surface area contributed by atoms with Crippen molar-refractivity contribution in [2.45, 2.75) is 18.6 Å². The first kappa shape index (κ1) is 11.1. The molecule has 0 aliphatic carbocycles. The van der Waals surface area contributed by atoms with E-state index in [0.717, 1.165) is 24.0 Å². The molecule has 0 aromatic carbocycles. The zero-order valence-electron chi connectivity index (χ0n) is 6.91. The Bertz CT molecular complexity index is 141. The first-order valence-corrected chi connectivity index (χ1v) is 5.43. The van der Waals surface area contributed by atoms with E-state index in [1.54, 1.807) is 11.8 Å². The minimum absolute atomic E-state index is 0.340. The average molecular weight is 190 g/mol. The maximum atomic E-state index is 10.4. The summed E-state index contributed by atoms with van der Waals surface area (Å²) in [5.41, 5.74) is 0.874. The molecule has 1 nitrogen and oxygen atoms in total. The molecular weight excluding hydrogens is 176 g/mol. The van der Waals surface area contributed by atoms with Crippen LogP contribution in [0.4, 0.5) is 0 Å². The van der Waals surface area contributed by atoms with Gasteiger partial charge in [-0.25, -0.2) is 0 Å². The van der Waals surface area contributed by atoms with Crippen LogP contribution in [0.25, 0.3) is 0 Å². The van der Waals surface area contributed by atoms with Gasteiger partial charge in [-0.2, -0.15) is 24.4 Å². The normalized spacial score (nSPS) is 14.6. The molecule has 1 unspecified atom stereocenters. The molecule has 0 aliphatic rings. The molecule has 3 heteroatoms. The summed E-state index contributed by atoms with van der Waals surface area (Å²) in [4.78, 5) is 10.4. The van der Waals surface area contributed by atoms with Gasteiger partial charge in [-0.05, 0) is 18.2 Å². The van der Waals surface area contributed by atoms with Gasteiger partial charge in [0.05, 0.1) is 0 Å². The molecule has 0 aromatic rings. The molecule has 0 fully saturated rings. The van der Waals surface area contributed by atoms with E-state index in [0.29, 0.717) is 5.25 Å². The lowest BCUT2D eigenvalue weighted by Crippen LogP contribution is -1.92. The molecule has 0 aromatic heterocycles. The van der Waals surface area contributed by atoms with Gasteiger partial charge in [0.2, 0.25) is 0 Å². The topological polar surface area (TPSA) is 17.1 Å². The molecule has 0 heterocycles. The van der Waals surface area contributed by atoms with Crippen molar-refractivity contribution in [2.24, 2.45) is 0 Å². The Morgan fingerprint density at radius 2 is 2.36 bits per heavy atom. The highest BCUT2D eigenvalue weighted by atomic mass is 32.2. The summed E-state index contributed by atoms with van der Waals surface area (Å²) in [5, 5.41) is 0.340. The third-order valence-corrected chi connectivity index (χ3v) is 2.02. The fraction of sp³-hybridized carbons (Fsp3) is 0.625. The second-order valence-electron chi connectivity index (χ2n) is 2.41. The predicted octanol–water partition coefficient (Wildman–Crippen LogP) is 2.18. The molecule has 0 amide bonds. The number of aldehydes is 1. The third-order valence-electron chi connectivity index (χ3n) is 1.18. The quantitative estimate of drug-likeness (QED) is 0.406. The van der Waals surface area contributed by atoms with E-state index >= 15 is 0 Å². The van der Waals surface area contributed by atoms with Gasteiger partial charge in [-0.3, -0.25) is 4.79 Å². The minimum atomic E-state index is 0.340. The van der Waals surface area contributed by atoms with Crippen molar-refractivity contribution in [2.75, 3.05) is 12.0 Å². The lowest BCUT2D eigenvalue weighted by molar-refractivity contribution is -0.104. The summed E-state index contributed by atoms with van der Waals surface area (Å²) in [7, 11) is 0. The Labute approximate surface area is 78.0 Å². The highest BCUT2D eigenvalue weighted by Gasteiger charge is 1.95. The Morgan fingerprint density at radius 3 is 2.73 bits per heavy atom. The molecule has 1 atom stereocenters. The van der Waals surface area contributed by atoms with Gasteiger partial charge in [0, 0.05) is 11.0 Å². The molecule has 0 radical (unpaired) electrons. The molecule has 0 spiro atoms. The largest absolute Gasteiger partial charge is 0.298 e. The van der Waals surface area contributed by atoms with E-state index in [4.69, 9.17) is 0 Å². The van der Waals surface area contributed by atoms with Crippen LogP contribution in [0.1, 0.15) is 13.3 Å². The summed E-state index contributed by atoms with van der Waals surface area (Å²) in [6.45, 7) is 2.02. The van der Waals surface area contributed by atoms with Crippen molar-refractivity contribution >= 4 is 30.7 Å². The number of carbonyl (C=O) groups excluding carboxylic acids is 1. The zero-order chi connectivity index (χ0) is 8.69. The lowest BCUT2D eigenvalue weighted by Gasteiger charge is -1.99. The Kier molecular flexibility index (Phi) is 6.87. The van der Waals surface area contributed by atoms with E-state index in [9.17, 15) is 4.79 Å². The van der Waals surface area contributed by atoms with Crippen molar-refractivity contribution < 1.29 is 4.79 Å². The van der Waals surface area contributed by atoms with E-state index in [-0.39, 0.29) is 0 Å². The molecule has 0 aliphatic heterocycles. The number of carbonyl (C=O) groups is 1. The van der Waals surface area contributed by atoms with Crippen molar-refractivity contribution in [3.05, 3.63) is 11.6 Å². The van der Waals surface area contributed by atoms with Gasteiger partial charge in [0.25, 0.3) is 0 Å². The van der Waals surface area contributed by atoms with Crippen molar-refractivity contribution in [3.8, 4) is 0 Å². The van der Waals surface area contributed by atoms with Gasteiger partial charge >= 0.3 is 0 Å². The van der Waals surface area contributed by atoms with Crippen LogP contribution in [0.15, 0.2) is 11.6 Å². The number of allylic oxidation sites excluding steroid dienone is 1. The van der Waals surface area contributed by atoms with Crippen LogP contribution >= 0.6 is 24.4 Å². The fourth-order valence-corrected chi connectivity index (χ4v) is 1.25. The Morgan fingerprint density at radius 1 is 1.73 bits per heavy atom. The zero-order valence-corrected chi connectivity index (χ0v) is 8.62. The first-order chi connectivity index (χ1) is 5.20. The van der Waals surface area contributed by atoms with Crippen molar-refractivity contribution in [3.63, 3.8) is 0 Å². The molecule has 11 heavy (non-hydrogen) atoms. The van der Waals surface area contributed by atoms with Crippen molar-refractivity contribution in [1.82, 2.24) is 0 Å². The third kappa shape index (κ3) is 6.51. The molecule has 0 saturated carbocycles. The molecular formula is C8H14OS2.